The average molecular weight is 551 g/mol. The molecule has 4 atom stereocenters. The van der Waals surface area contributed by atoms with Crippen LogP contribution < -0.4 is 11.1 Å². The highest BCUT2D eigenvalue weighted by molar-refractivity contribution is 5.74. The lowest BCUT2D eigenvalue weighted by molar-refractivity contribution is 0.110. The summed E-state index contributed by atoms with van der Waals surface area (Å²) in [5, 5.41) is 23.4. The lowest BCUT2D eigenvalue weighted by Crippen LogP contribution is -2.35. The van der Waals surface area contributed by atoms with Crippen LogP contribution in [0, 0.1) is 13.8 Å². The van der Waals surface area contributed by atoms with E-state index < -0.39 is 0 Å². The normalized spacial score (nSPS) is 20.7. The fraction of sp³-hybridized carbons (Fsp3) is 0.306. The third kappa shape index (κ3) is 8.44. The number of hydrogen-bond acceptors (Lipinski definition) is 5. The van der Waals surface area contributed by atoms with Gasteiger partial charge in [0.2, 0.25) is 0 Å². The summed E-state index contributed by atoms with van der Waals surface area (Å²) in [7, 11) is 0. The molecule has 0 saturated heterocycles. The lowest BCUT2D eigenvalue weighted by atomic mass is 9.84. The van der Waals surface area contributed by atoms with Gasteiger partial charge in [-0.25, -0.2) is 0 Å². The fourth-order valence-electron chi connectivity index (χ4n) is 5.45. The molecule has 5 heteroatoms. The molecule has 4 unspecified atom stereocenters. The molecule has 2 aliphatic carbocycles. The summed E-state index contributed by atoms with van der Waals surface area (Å²) in [5.74, 6) is 0. The number of aryl methyl sites for hydroxylation is 4. The summed E-state index contributed by atoms with van der Waals surface area (Å²) in [4.78, 5) is 10.0. The Kier molecular flexibility index (Phi) is 11.0. The van der Waals surface area contributed by atoms with E-state index in [4.69, 9.17) is 5.73 Å². The van der Waals surface area contributed by atoms with Gasteiger partial charge < -0.3 is 21.3 Å². The number of aliphatic hydroxyl groups is 2. The Morgan fingerprint density at radius 1 is 0.756 bits per heavy atom. The van der Waals surface area contributed by atoms with Crippen molar-refractivity contribution < 1.29 is 15.0 Å². The Hall–Kier alpha value is -3.61. The highest BCUT2D eigenvalue weighted by atomic mass is 16.3. The maximum atomic E-state index is 10.3. The Bertz CT molecular complexity index is 1390. The van der Waals surface area contributed by atoms with Gasteiger partial charge in [0.15, 0.2) is 0 Å². The van der Waals surface area contributed by atoms with Gasteiger partial charge in [-0.2, -0.15) is 0 Å². The van der Waals surface area contributed by atoms with Crippen LogP contribution in [0.15, 0.2) is 97.1 Å². The summed E-state index contributed by atoms with van der Waals surface area (Å²) in [6, 6.07) is 32.2. The number of hydrogen-bond donors (Lipinski definition) is 4. The number of fused-ring (bicyclic) bond motifs is 2. The van der Waals surface area contributed by atoms with Crippen molar-refractivity contribution in [1.29, 1.82) is 0 Å². The van der Waals surface area contributed by atoms with Gasteiger partial charge in [-0.05, 0) is 67.3 Å². The van der Waals surface area contributed by atoms with Crippen LogP contribution in [0.4, 0.5) is 0 Å². The molecule has 0 aromatic heterocycles. The van der Waals surface area contributed by atoms with Crippen LogP contribution in [0.3, 0.4) is 0 Å². The zero-order valence-corrected chi connectivity index (χ0v) is 24.0. The number of carbonyl (C=O) groups is 1. The van der Waals surface area contributed by atoms with Crippen molar-refractivity contribution in [2.24, 2.45) is 5.73 Å². The molecule has 0 saturated carbocycles. The van der Waals surface area contributed by atoms with E-state index in [9.17, 15) is 15.0 Å². The highest BCUT2D eigenvalue weighted by Gasteiger charge is 2.27. The van der Waals surface area contributed by atoms with Crippen molar-refractivity contribution in [2.75, 3.05) is 0 Å². The number of nitrogens with one attached hydrogen (secondary N) is 1. The number of nitrogens with two attached hydrogens (primary N) is 1. The molecule has 0 radical (unpaired) electrons. The van der Waals surface area contributed by atoms with Crippen molar-refractivity contribution in [3.05, 3.63) is 142 Å². The first-order valence-electron chi connectivity index (χ1n) is 14.4. The van der Waals surface area contributed by atoms with E-state index in [-0.39, 0.29) is 24.3 Å². The summed E-state index contributed by atoms with van der Waals surface area (Å²) in [6.45, 7) is 4.94. The summed E-state index contributed by atoms with van der Waals surface area (Å²) in [5.41, 5.74) is 15.4. The predicted molar refractivity (Wildman–Crippen MR) is 166 cm³/mol. The van der Waals surface area contributed by atoms with E-state index in [1.165, 1.54) is 33.4 Å². The largest absolute Gasteiger partial charge is 0.391 e. The number of aldehydes is 1. The zero-order valence-electron chi connectivity index (χ0n) is 24.0. The second kappa shape index (κ2) is 14.9. The van der Waals surface area contributed by atoms with Crippen LogP contribution in [0.2, 0.25) is 0 Å². The Balaban J connectivity index is 0.000000158. The van der Waals surface area contributed by atoms with Crippen LogP contribution >= 0.6 is 0 Å². The molecule has 5 nitrogen and oxygen atoms in total. The molecule has 0 fully saturated rings. The maximum Gasteiger partial charge on any atom is 0.150 e. The van der Waals surface area contributed by atoms with E-state index in [1.807, 2.05) is 43.3 Å². The minimum Gasteiger partial charge on any atom is -0.391 e. The van der Waals surface area contributed by atoms with Crippen LogP contribution in [-0.4, -0.2) is 28.7 Å². The molecule has 4 aromatic rings. The Morgan fingerprint density at radius 3 is 1.88 bits per heavy atom. The molecular formula is C36H42N2O3. The summed E-state index contributed by atoms with van der Waals surface area (Å²) < 4.78 is 0. The molecule has 2 aliphatic rings. The zero-order chi connectivity index (χ0) is 29.2. The van der Waals surface area contributed by atoms with Gasteiger partial charge in [0.05, 0.1) is 24.3 Å². The third-order valence-electron chi connectivity index (χ3n) is 7.82. The second-order valence-electron chi connectivity index (χ2n) is 11.0. The summed E-state index contributed by atoms with van der Waals surface area (Å²) in [6.07, 6.45) is 3.71. The number of rotatable bonds is 4. The average Bonchev–Trinajstić information content (AvgIpc) is 3.00. The van der Waals surface area contributed by atoms with Gasteiger partial charge in [0.25, 0.3) is 0 Å². The molecule has 6 rings (SSSR count). The first-order chi connectivity index (χ1) is 19.9. The van der Waals surface area contributed by atoms with Gasteiger partial charge in [-0.1, -0.05) is 108 Å². The van der Waals surface area contributed by atoms with Crippen LogP contribution in [0.25, 0.3) is 0 Å². The smallest absolute Gasteiger partial charge is 0.150 e. The highest BCUT2D eigenvalue weighted by Crippen LogP contribution is 2.31. The Labute approximate surface area is 244 Å². The first kappa shape index (κ1) is 30.4. The lowest BCUT2D eigenvalue weighted by Gasteiger charge is -2.31. The number of carbonyl (C=O) groups excluding carboxylic acids is 1. The molecule has 0 aliphatic heterocycles. The van der Waals surface area contributed by atoms with Gasteiger partial charge in [-0.15, -0.1) is 0 Å². The summed E-state index contributed by atoms with van der Waals surface area (Å²) >= 11 is 0. The van der Waals surface area contributed by atoms with E-state index in [0.29, 0.717) is 0 Å². The molecule has 0 heterocycles. The van der Waals surface area contributed by atoms with Crippen molar-refractivity contribution in [3.63, 3.8) is 0 Å². The minimum absolute atomic E-state index is 0.0406. The van der Waals surface area contributed by atoms with Gasteiger partial charge in [-0.3, -0.25) is 4.79 Å². The molecule has 0 bridgehead atoms. The van der Waals surface area contributed by atoms with Crippen molar-refractivity contribution in [1.82, 2.24) is 5.32 Å². The van der Waals surface area contributed by atoms with E-state index in [2.05, 4.69) is 60.8 Å². The monoisotopic (exact) mass is 550 g/mol. The van der Waals surface area contributed by atoms with Gasteiger partial charge in [0, 0.05) is 12.1 Å². The first-order valence-corrected chi connectivity index (χ1v) is 14.4. The topological polar surface area (TPSA) is 95.6 Å². The predicted octanol–water partition coefficient (Wildman–Crippen LogP) is 5.93. The number of aliphatic hydroxyl groups excluding tert-OH is 2. The van der Waals surface area contributed by atoms with Crippen molar-refractivity contribution in [2.45, 2.75) is 70.4 Å². The van der Waals surface area contributed by atoms with E-state index >= 15 is 0 Å². The van der Waals surface area contributed by atoms with Crippen LogP contribution in [-0.2, 0) is 19.4 Å². The molecule has 4 aromatic carbocycles. The quantitative estimate of drug-likeness (QED) is 0.236. The van der Waals surface area contributed by atoms with Crippen LogP contribution in [0.1, 0.15) is 74.2 Å². The second-order valence-corrected chi connectivity index (χ2v) is 11.0. The van der Waals surface area contributed by atoms with E-state index in [0.717, 1.165) is 49.6 Å². The maximum absolute atomic E-state index is 10.3. The van der Waals surface area contributed by atoms with E-state index in [1.54, 1.807) is 12.1 Å². The van der Waals surface area contributed by atoms with Crippen molar-refractivity contribution in [3.8, 4) is 0 Å². The van der Waals surface area contributed by atoms with Gasteiger partial charge in [0.1, 0.15) is 6.29 Å². The minimum atomic E-state index is -0.366. The molecule has 41 heavy (non-hydrogen) atoms. The number of benzene rings is 4. The van der Waals surface area contributed by atoms with Gasteiger partial charge >= 0.3 is 0 Å². The fourth-order valence-corrected chi connectivity index (χ4v) is 5.45. The molecule has 214 valence electrons. The SMILES string of the molecule is Cc1ccc2c(c1)C(N)C(O)CC2.Cc1ccc2c(c1)C(NCc1ccccc1)C(O)CC2.O=Cc1ccccc1. The molecule has 0 spiro atoms. The standard InChI is InChI=1S/C18H21NO.C11H15NO.C7H6O/c1-13-7-8-15-9-10-17(20)18(16(15)11-13)19-12-14-5-3-2-4-6-14;1-7-2-3-8-4-5-10(13)11(12)9(8)6-7;8-6-7-4-2-1-3-5-7/h2-8,11,17-20H,9-10,12H2,1H3;2-3,6,10-11,13H,4-5,12H2,1H3;1-6H. The molecule has 0 amide bonds. The molecule has 5 N–H and O–H groups in total. The van der Waals surface area contributed by atoms with Crippen molar-refractivity contribution >= 4 is 6.29 Å². The Morgan fingerprint density at radius 2 is 1.29 bits per heavy atom. The third-order valence-corrected chi connectivity index (χ3v) is 7.82. The molecular weight excluding hydrogens is 508 g/mol. The van der Waals surface area contributed by atoms with Crippen LogP contribution in [0.5, 0.6) is 0 Å².